The van der Waals surface area contributed by atoms with Crippen molar-refractivity contribution in [2.24, 2.45) is 0 Å². The number of aryl methyl sites for hydroxylation is 1. The van der Waals surface area contributed by atoms with Gasteiger partial charge in [-0.1, -0.05) is 49.4 Å². The van der Waals surface area contributed by atoms with Crippen LogP contribution in [0.1, 0.15) is 18.1 Å². The fraction of sp³-hybridized carbons (Fsp3) is 0.409. The molecule has 1 amide bonds. The third kappa shape index (κ3) is 4.85. The van der Waals surface area contributed by atoms with Gasteiger partial charge in [-0.15, -0.1) is 0 Å². The Hall–Kier alpha value is -2.33. The lowest BCUT2D eigenvalue weighted by molar-refractivity contribution is -0.131. The highest BCUT2D eigenvalue weighted by molar-refractivity contribution is 5.78. The van der Waals surface area contributed by atoms with E-state index in [1.54, 1.807) is 0 Å². The molecule has 0 saturated carbocycles. The van der Waals surface area contributed by atoms with Gasteiger partial charge in [-0.05, 0) is 29.7 Å². The zero-order valence-corrected chi connectivity index (χ0v) is 15.9. The molecule has 1 fully saturated rings. The van der Waals surface area contributed by atoms with Crippen molar-refractivity contribution in [2.45, 2.75) is 19.9 Å². The number of para-hydroxylation sites is 1. The first-order valence-corrected chi connectivity index (χ1v) is 9.50. The molecule has 0 N–H and O–H groups in total. The standard InChI is InChI=1S/C22H29N3O/c1-3-19-9-11-20(12-10-19)17-23(2)22(26)18-24-13-15-25(16-14-24)21-7-5-4-6-8-21/h4-12H,3,13-18H2,1-2H3. The summed E-state index contributed by atoms with van der Waals surface area (Å²) >= 11 is 0. The summed E-state index contributed by atoms with van der Waals surface area (Å²) in [5.74, 6) is 0.192. The molecule has 0 aromatic heterocycles. The monoisotopic (exact) mass is 351 g/mol. The van der Waals surface area contributed by atoms with Crippen molar-refractivity contribution in [3.63, 3.8) is 0 Å². The first-order valence-electron chi connectivity index (χ1n) is 9.50. The highest BCUT2D eigenvalue weighted by Crippen LogP contribution is 2.15. The molecule has 0 atom stereocenters. The second kappa shape index (κ2) is 8.86. The van der Waals surface area contributed by atoms with E-state index in [1.807, 2.05) is 18.0 Å². The Bertz CT molecular complexity index is 691. The predicted octanol–water partition coefficient (Wildman–Crippen LogP) is 3.03. The van der Waals surface area contributed by atoms with E-state index in [-0.39, 0.29) is 5.91 Å². The van der Waals surface area contributed by atoms with Crippen LogP contribution in [0.2, 0.25) is 0 Å². The predicted molar refractivity (Wildman–Crippen MR) is 107 cm³/mol. The molecule has 0 bridgehead atoms. The zero-order valence-electron chi connectivity index (χ0n) is 15.9. The molecule has 2 aromatic rings. The summed E-state index contributed by atoms with van der Waals surface area (Å²) < 4.78 is 0. The fourth-order valence-electron chi connectivity index (χ4n) is 3.36. The first-order chi connectivity index (χ1) is 12.7. The summed E-state index contributed by atoms with van der Waals surface area (Å²) in [5, 5.41) is 0. The lowest BCUT2D eigenvalue weighted by Crippen LogP contribution is -2.49. The molecule has 26 heavy (non-hydrogen) atoms. The number of benzene rings is 2. The van der Waals surface area contributed by atoms with Crippen molar-refractivity contribution in [1.29, 1.82) is 0 Å². The molecule has 0 aliphatic carbocycles. The Kier molecular flexibility index (Phi) is 6.29. The van der Waals surface area contributed by atoms with E-state index in [4.69, 9.17) is 0 Å². The number of hydrogen-bond acceptors (Lipinski definition) is 3. The van der Waals surface area contributed by atoms with Gasteiger partial charge in [0.2, 0.25) is 5.91 Å². The lowest BCUT2D eigenvalue weighted by atomic mass is 10.1. The summed E-state index contributed by atoms with van der Waals surface area (Å²) in [5.41, 5.74) is 3.79. The maximum Gasteiger partial charge on any atom is 0.236 e. The van der Waals surface area contributed by atoms with Gasteiger partial charge in [0.05, 0.1) is 6.54 Å². The van der Waals surface area contributed by atoms with Crippen LogP contribution in [0, 0.1) is 0 Å². The third-order valence-corrected chi connectivity index (χ3v) is 5.13. The van der Waals surface area contributed by atoms with Crippen molar-refractivity contribution in [2.75, 3.05) is 44.7 Å². The van der Waals surface area contributed by atoms with Gasteiger partial charge < -0.3 is 9.80 Å². The highest BCUT2D eigenvalue weighted by atomic mass is 16.2. The number of amides is 1. The Balaban J connectivity index is 1.46. The number of carbonyl (C=O) groups excluding carboxylic acids is 1. The summed E-state index contributed by atoms with van der Waals surface area (Å²) in [6.07, 6.45) is 1.05. The van der Waals surface area contributed by atoms with Crippen molar-refractivity contribution >= 4 is 11.6 Å². The molecule has 1 aliphatic heterocycles. The van der Waals surface area contributed by atoms with E-state index < -0.39 is 0 Å². The molecule has 2 aromatic carbocycles. The topological polar surface area (TPSA) is 26.8 Å². The molecule has 0 radical (unpaired) electrons. The van der Waals surface area contributed by atoms with E-state index in [9.17, 15) is 4.79 Å². The van der Waals surface area contributed by atoms with Gasteiger partial charge in [0.25, 0.3) is 0 Å². The van der Waals surface area contributed by atoms with Gasteiger partial charge in [-0.3, -0.25) is 9.69 Å². The minimum atomic E-state index is 0.192. The van der Waals surface area contributed by atoms with Crippen LogP contribution < -0.4 is 4.90 Å². The quantitative estimate of drug-likeness (QED) is 0.800. The van der Waals surface area contributed by atoms with E-state index in [0.717, 1.165) is 32.6 Å². The Morgan fingerprint density at radius 3 is 2.15 bits per heavy atom. The normalized spacial score (nSPS) is 15.1. The van der Waals surface area contributed by atoms with Crippen LogP contribution in [0.5, 0.6) is 0 Å². The smallest absolute Gasteiger partial charge is 0.236 e. The second-order valence-corrected chi connectivity index (χ2v) is 7.02. The van der Waals surface area contributed by atoms with Crippen LogP contribution in [0.4, 0.5) is 5.69 Å². The van der Waals surface area contributed by atoms with Gasteiger partial charge in [-0.25, -0.2) is 0 Å². The average molecular weight is 351 g/mol. The minimum Gasteiger partial charge on any atom is -0.369 e. The van der Waals surface area contributed by atoms with Crippen LogP contribution in [0.15, 0.2) is 54.6 Å². The summed E-state index contributed by atoms with van der Waals surface area (Å²) in [6.45, 7) is 7.14. The number of rotatable bonds is 6. The van der Waals surface area contributed by atoms with Crippen LogP contribution in [0.25, 0.3) is 0 Å². The van der Waals surface area contributed by atoms with Gasteiger partial charge >= 0.3 is 0 Å². The molecule has 4 nitrogen and oxygen atoms in total. The van der Waals surface area contributed by atoms with Crippen LogP contribution in [-0.4, -0.2) is 55.5 Å². The first kappa shape index (κ1) is 18.5. The van der Waals surface area contributed by atoms with Crippen molar-refractivity contribution < 1.29 is 4.79 Å². The Morgan fingerprint density at radius 2 is 1.54 bits per heavy atom. The summed E-state index contributed by atoms with van der Waals surface area (Å²) in [6, 6.07) is 19.1. The number of nitrogens with zero attached hydrogens (tertiary/aromatic N) is 3. The number of carbonyl (C=O) groups is 1. The van der Waals surface area contributed by atoms with Crippen molar-refractivity contribution in [3.8, 4) is 0 Å². The Morgan fingerprint density at radius 1 is 0.923 bits per heavy atom. The van der Waals surface area contributed by atoms with E-state index in [1.165, 1.54) is 16.8 Å². The van der Waals surface area contributed by atoms with Crippen molar-refractivity contribution in [1.82, 2.24) is 9.80 Å². The fourth-order valence-corrected chi connectivity index (χ4v) is 3.36. The molecule has 0 unspecified atom stereocenters. The maximum atomic E-state index is 12.6. The van der Waals surface area contributed by atoms with Gasteiger partial charge in [0.1, 0.15) is 0 Å². The molecule has 0 spiro atoms. The molecular formula is C22H29N3O. The molecule has 4 heteroatoms. The highest BCUT2D eigenvalue weighted by Gasteiger charge is 2.20. The molecule has 138 valence electrons. The SMILES string of the molecule is CCc1ccc(CN(C)C(=O)CN2CCN(c3ccccc3)CC2)cc1. The minimum absolute atomic E-state index is 0.192. The average Bonchev–Trinajstić information content (AvgIpc) is 2.70. The van der Waals surface area contributed by atoms with Crippen LogP contribution >= 0.6 is 0 Å². The Labute approximate surface area is 157 Å². The van der Waals surface area contributed by atoms with Crippen LogP contribution in [-0.2, 0) is 17.8 Å². The van der Waals surface area contributed by atoms with E-state index in [2.05, 4.69) is 65.3 Å². The van der Waals surface area contributed by atoms with Crippen molar-refractivity contribution in [3.05, 3.63) is 65.7 Å². The largest absolute Gasteiger partial charge is 0.369 e. The number of hydrogen-bond donors (Lipinski definition) is 0. The number of anilines is 1. The van der Waals surface area contributed by atoms with E-state index >= 15 is 0 Å². The van der Waals surface area contributed by atoms with Gasteiger partial charge in [0, 0.05) is 45.5 Å². The number of likely N-dealkylation sites (N-methyl/N-ethyl adjacent to an activating group) is 1. The van der Waals surface area contributed by atoms with Crippen LogP contribution in [0.3, 0.4) is 0 Å². The second-order valence-electron chi connectivity index (χ2n) is 7.02. The molecular weight excluding hydrogens is 322 g/mol. The summed E-state index contributed by atoms with van der Waals surface area (Å²) in [4.78, 5) is 19.0. The summed E-state index contributed by atoms with van der Waals surface area (Å²) in [7, 11) is 1.90. The third-order valence-electron chi connectivity index (χ3n) is 5.13. The lowest BCUT2D eigenvalue weighted by Gasteiger charge is -2.36. The molecule has 3 rings (SSSR count). The molecule has 1 heterocycles. The maximum absolute atomic E-state index is 12.6. The van der Waals surface area contributed by atoms with E-state index in [0.29, 0.717) is 13.1 Å². The van der Waals surface area contributed by atoms with Gasteiger partial charge in [0.15, 0.2) is 0 Å². The molecule has 1 saturated heterocycles. The zero-order chi connectivity index (χ0) is 18.4. The molecule has 1 aliphatic rings. The van der Waals surface area contributed by atoms with Gasteiger partial charge in [-0.2, -0.15) is 0 Å². The number of piperazine rings is 1.